The van der Waals surface area contributed by atoms with Crippen LogP contribution in [0.25, 0.3) is 5.69 Å². The normalized spacial score (nSPS) is 10.7. The van der Waals surface area contributed by atoms with Crippen LogP contribution in [-0.4, -0.2) is 33.7 Å². The number of nitrogens with one attached hydrogen (secondary N) is 1. The van der Waals surface area contributed by atoms with Crippen molar-refractivity contribution in [1.29, 1.82) is 0 Å². The zero-order valence-electron chi connectivity index (χ0n) is 14.4. The Kier molecular flexibility index (Phi) is 5.58. The first kappa shape index (κ1) is 18.4. The minimum Gasteiger partial charge on any atom is -0.336 e. The fourth-order valence-electron chi connectivity index (χ4n) is 2.64. The van der Waals surface area contributed by atoms with Crippen molar-refractivity contribution in [2.75, 3.05) is 13.3 Å². The summed E-state index contributed by atoms with van der Waals surface area (Å²) in [6.45, 7) is 0.481. The largest absolute Gasteiger partial charge is 0.336 e. The van der Waals surface area contributed by atoms with Gasteiger partial charge in [-0.05, 0) is 60.4 Å². The Morgan fingerprint density at radius 2 is 1.85 bits per heavy atom. The van der Waals surface area contributed by atoms with Crippen molar-refractivity contribution in [1.82, 2.24) is 14.5 Å². The third-order valence-corrected chi connectivity index (χ3v) is 5.05. The third kappa shape index (κ3) is 3.89. The molecule has 3 rings (SSSR count). The van der Waals surface area contributed by atoms with Gasteiger partial charge in [-0.25, -0.2) is 4.39 Å². The molecule has 0 aliphatic heterocycles. The van der Waals surface area contributed by atoms with Gasteiger partial charge >= 0.3 is 0 Å². The molecule has 0 saturated carbocycles. The Bertz CT molecular complexity index is 962. The number of hydrogen-bond acceptors (Lipinski definition) is 3. The van der Waals surface area contributed by atoms with E-state index in [9.17, 15) is 9.18 Å². The van der Waals surface area contributed by atoms with Crippen LogP contribution in [0.3, 0.4) is 0 Å². The lowest BCUT2D eigenvalue weighted by atomic mass is 10.2. The van der Waals surface area contributed by atoms with Gasteiger partial charge in [0.1, 0.15) is 11.5 Å². The molecule has 0 aliphatic carbocycles. The van der Waals surface area contributed by atoms with Gasteiger partial charge in [-0.2, -0.15) is 0 Å². The molecule has 0 saturated heterocycles. The summed E-state index contributed by atoms with van der Waals surface area (Å²) in [5.74, 6) is -0.509. The number of nitrogens with zero attached hydrogens (tertiary/aromatic N) is 2. The lowest BCUT2D eigenvalue weighted by Gasteiger charge is -2.18. The second kappa shape index (κ2) is 7.88. The van der Waals surface area contributed by atoms with Gasteiger partial charge in [-0.15, -0.1) is 11.8 Å². The molecule has 1 heterocycles. The summed E-state index contributed by atoms with van der Waals surface area (Å²) in [7, 11) is 1.75. The van der Waals surface area contributed by atoms with Crippen LogP contribution in [0.1, 0.15) is 16.1 Å². The van der Waals surface area contributed by atoms with Crippen molar-refractivity contribution in [2.24, 2.45) is 0 Å². The first-order chi connectivity index (χ1) is 12.5. The Morgan fingerprint density at radius 1 is 1.19 bits per heavy atom. The van der Waals surface area contributed by atoms with Gasteiger partial charge in [-0.3, -0.25) is 9.36 Å². The van der Waals surface area contributed by atoms with E-state index in [1.165, 1.54) is 17.0 Å². The standard InChI is InChI=1S/C19H18FN3OS2/c1-22(12-13-3-9-16(26-2)10-4-13)18(24)17-11-21-19(25)23(17)15-7-5-14(20)6-8-15/h3-11H,12H2,1-2H3,(H,21,25). The number of rotatable bonds is 5. The number of imidazole rings is 1. The molecule has 2 aromatic carbocycles. The van der Waals surface area contributed by atoms with Gasteiger partial charge in [-0.1, -0.05) is 12.1 Å². The number of aromatic amines is 1. The van der Waals surface area contributed by atoms with Crippen LogP contribution in [-0.2, 0) is 6.54 Å². The highest BCUT2D eigenvalue weighted by Gasteiger charge is 2.18. The molecule has 0 bridgehead atoms. The minimum atomic E-state index is -0.338. The first-order valence-corrected chi connectivity index (χ1v) is 9.57. The van der Waals surface area contributed by atoms with Crippen molar-refractivity contribution in [3.05, 3.63) is 76.6 Å². The lowest BCUT2D eigenvalue weighted by Crippen LogP contribution is -2.28. The van der Waals surface area contributed by atoms with Gasteiger partial charge in [0.15, 0.2) is 4.77 Å². The lowest BCUT2D eigenvalue weighted by molar-refractivity contribution is 0.0777. The molecular formula is C19H18FN3OS2. The zero-order chi connectivity index (χ0) is 18.7. The average molecular weight is 388 g/mol. The summed E-state index contributed by atoms with van der Waals surface area (Å²) in [6.07, 6.45) is 3.61. The number of amides is 1. The molecule has 4 nitrogen and oxygen atoms in total. The smallest absolute Gasteiger partial charge is 0.272 e. The molecular weight excluding hydrogens is 369 g/mol. The van der Waals surface area contributed by atoms with Crippen LogP contribution in [0.5, 0.6) is 0 Å². The average Bonchev–Trinajstić information content (AvgIpc) is 3.04. The van der Waals surface area contributed by atoms with Gasteiger partial charge in [0, 0.05) is 30.4 Å². The Morgan fingerprint density at radius 3 is 2.46 bits per heavy atom. The van der Waals surface area contributed by atoms with Crippen LogP contribution in [0, 0.1) is 10.6 Å². The highest BCUT2D eigenvalue weighted by Crippen LogP contribution is 2.18. The number of thioether (sulfide) groups is 1. The number of H-pyrrole nitrogens is 1. The second-order valence-electron chi connectivity index (χ2n) is 5.80. The topological polar surface area (TPSA) is 41.0 Å². The van der Waals surface area contributed by atoms with Gasteiger partial charge in [0.05, 0.1) is 0 Å². The molecule has 7 heteroatoms. The predicted octanol–water partition coefficient (Wildman–Crippen LogP) is 4.67. The molecule has 26 heavy (non-hydrogen) atoms. The summed E-state index contributed by atoms with van der Waals surface area (Å²) in [5.41, 5.74) is 2.09. The molecule has 1 aromatic heterocycles. The molecule has 1 amide bonds. The maximum Gasteiger partial charge on any atom is 0.272 e. The van der Waals surface area contributed by atoms with Crippen molar-refractivity contribution in [2.45, 2.75) is 11.4 Å². The van der Waals surface area contributed by atoms with Crippen LogP contribution in [0.2, 0.25) is 0 Å². The van der Waals surface area contributed by atoms with Crippen LogP contribution in [0.4, 0.5) is 4.39 Å². The van der Waals surface area contributed by atoms with Crippen LogP contribution >= 0.6 is 24.0 Å². The summed E-state index contributed by atoms with van der Waals surface area (Å²) >= 11 is 6.97. The van der Waals surface area contributed by atoms with E-state index in [4.69, 9.17) is 12.2 Å². The Hall–Kier alpha value is -2.38. The van der Waals surface area contributed by atoms with E-state index in [0.29, 0.717) is 22.7 Å². The van der Waals surface area contributed by atoms with E-state index in [2.05, 4.69) is 4.98 Å². The van der Waals surface area contributed by atoms with E-state index in [-0.39, 0.29) is 11.7 Å². The second-order valence-corrected chi connectivity index (χ2v) is 7.07. The Labute approximate surface area is 160 Å². The quantitative estimate of drug-likeness (QED) is 0.511. The number of halogens is 1. The summed E-state index contributed by atoms with van der Waals surface area (Å²) in [5, 5.41) is 0. The van der Waals surface area contributed by atoms with Crippen molar-refractivity contribution in [3.63, 3.8) is 0 Å². The number of carbonyl (C=O) groups is 1. The van der Waals surface area contributed by atoms with Crippen LogP contribution < -0.4 is 0 Å². The van der Waals surface area contributed by atoms with E-state index in [1.54, 1.807) is 46.6 Å². The highest BCUT2D eigenvalue weighted by atomic mass is 32.2. The number of carbonyl (C=O) groups excluding carboxylic acids is 1. The number of benzene rings is 2. The molecule has 3 aromatic rings. The van der Waals surface area contributed by atoms with E-state index in [1.807, 2.05) is 30.5 Å². The summed E-state index contributed by atoms with van der Waals surface area (Å²) in [4.78, 5) is 18.6. The highest BCUT2D eigenvalue weighted by molar-refractivity contribution is 7.98. The fourth-order valence-corrected chi connectivity index (χ4v) is 3.32. The SMILES string of the molecule is CSc1ccc(CN(C)C(=O)c2c[nH]c(=S)n2-c2ccc(F)cc2)cc1. The minimum absolute atomic E-state index is 0.171. The van der Waals surface area contributed by atoms with Crippen LogP contribution in [0.15, 0.2) is 59.6 Å². The zero-order valence-corrected chi connectivity index (χ0v) is 16.0. The summed E-state index contributed by atoms with van der Waals surface area (Å²) in [6, 6.07) is 14.0. The van der Waals surface area contributed by atoms with E-state index >= 15 is 0 Å². The van der Waals surface area contributed by atoms with Gasteiger partial charge in [0.25, 0.3) is 5.91 Å². The van der Waals surface area contributed by atoms with Gasteiger partial charge in [0.2, 0.25) is 0 Å². The fraction of sp³-hybridized carbons (Fsp3) is 0.158. The molecule has 134 valence electrons. The maximum absolute atomic E-state index is 13.2. The third-order valence-electron chi connectivity index (χ3n) is 4.01. The number of hydrogen-bond donors (Lipinski definition) is 1. The number of aromatic nitrogens is 2. The molecule has 0 aliphatic rings. The molecule has 1 N–H and O–H groups in total. The molecule has 0 unspecified atom stereocenters. The monoisotopic (exact) mass is 387 g/mol. The van der Waals surface area contributed by atoms with E-state index in [0.717, 1.165) is 5.56 Å². The molecule has 0 fully saturated rings. The van der Waals surface area contributed by atoms with Gasteiger partial charge < -0.3 is 9.88 Å². The van der Waals surface area contributed by atoms with Crippen molar-refractivity contribution in [3.8, 4) is 5.69 Å². The molecule has 0 atom stereocenters. The van der Waals surface area contributed by atoms with Crippen molar-refractivity contribution >= 4 is 29.9 Å². The summed E-state index contributed by atoms with van der Waals surface area (Å²) < 4.78 is 15.2. The first-order valence-electron chi connectivity index (χ1n) is 7.94. The maximum atomic E-state index is 13.2. The Balaban J connectivity index is 1.85. The van der Waals surface area contributed by atoms with E-state index < -0.39 is 0 Å². The van der Waals surface area contributed by atoms with Crippen molar-refractivity contribution < 1.29 is 9.18 Å². The predicted molar refractivity (Wildman–Crippen MR) is 105 cm³/mol. The molecule has 0 radical (unpaired) electrons. The molecule has 0 spiro atoms.